The Kier molecular flexibility index (Phi) is 7.15. The van der Waals surface area contributed by atoms with E-state index >= 15 is 0 Å². The Bertz CT molecular complexity index is 1580. The van der Waals surface area contributed by atoms with Gasteiger partial charge in [0.2, 0.25) is 9.84 Å². The van der Waals surface area contributed by atoms with Crippen LogP contribution in [0, 0.1) is 6.92 Å². The van der Waals surface area contributed by atoms with E-state index in [4.69, 9.17) is 10.5 Å². The largest absolute Gasteiger partial charge is 0.377 e. The standard InChI is InChI=1S/C27H28N4O5S/c1-16-11-21(37(34,35)20-10-5-7-17(12-20)27(33)31(2)3)14-22-24(16)29-15-23(26(28)32)25(22)30-18-8-6-9-19(13-18)36-4/h5-12,14-15,19H,13H2,1-4H3,(H2,28,32)(H,29,30). The van der Waals surface area contributed by atoms with Gasteiger partial charge in [0.25, 0.3) is 11.8 Å². The van der Waals surface area contributed by atoms with E-state index in [0.29, 0.717) is 28.6 Å². The Balaban J connectivity index is 1.88. The molecule has 0 fully saturated rings. The van der Waals surface area contributed by atoms with E-state index in [1.807, 2.05) is 18.2 Å². The molecule has 0 bridgehead atoms. The molecule has 0 saturated heterocycles. The number of nitrogens with zero attached hydrogens (tertiary/aromatic N) is 2. The minimum Gasteiger partial charge on any atom is -0.377 e. The van der Waals surface area contributed by atoms with Crippen molar-refractivity contribution in [1.29, 1.82) is 0 Å². The average Bonchev–Trinajstić information content (AvgIpc) is 2.88. The van der Waals surface area contributed by atoms with Gasteiger partial charge in [-0.3, -0.25) is 14.6 Å². The predicted molar refractivity (Wildman–Crippen MR) is 141 cm³/mol. The van der Waals surface area contributed by atoms with Gasteiger partial charge in [0.1, 0.15) is 0 Å². The molecule has 37 heavy (non-hydrogen) atoms. The lowest BCUT2D eigenvalue weighted by atomic mass is 10.0. The number of carbonyl (C=O) groups excluding carboxylic acids is 2. The Morgan fingerprint density at radius 2 is 1.92 bits per heavy atom. The van der Waals surface area contributed by atoms with Gasteiger partial charge in [-0.25, -0.2) is 8.42 Å². The van der Waals surface area contributed by atoms with Gasteiger partial charge in [-0.2, -0.15) is 0 Å². The van der Waals surface area contributed by atoms with Crippen molar-refractivity contribution in [3.8, 4) is 0 Å². The van der Waals surface area contributed by atoms with Crippen molar-refractivity contribution in [2.24, 2.45) is 5.73 Å². The van der Waals surface area contributed by atoms with E-state index in [1.54, 1.807) is 34.2 Å². The highest BCUT2D eigenvalue weighted by Crippen LogP contribution is 2.34. The first-order chi connectivity index (χ1) is 17.5. The number of methoxy groups -OCH3 is 1. The molecule has 0 spiro atoms. The second kappa shape index (κ2) is 10.2. The lowest BCUT2D eigenvalue weighted by molar-refractivity contribution is 0.0827. The van der Waals surface area contributed by atoms with E-state index in [9.17, 15) is 18.0 Å². The van der Waals surface area contributed by atoms with Crippen molar-refractivity contribution in [2.45, 2.75) is 29.2 Å². The fraction of sp³-hybridized carbons (Fsp3) is 0.222. The molecule has 1 aromatic heterocycles. The molecule has 1 aliphatic carbocycles. The number of nitrogens with two attached hydrogens (primary N) is 1. The smallest absolute Gasteiger partial charge is 0.253 e. The maximum absolute atomic E-state index is 13.7. The minimum absolute atomic E-state index is 0.00529. The van der Waals surface area contributed by atoms with E-state index in [0.717, 1.165) is 5.70 Å². The molecule has 1 atom stereocenters. The lowest BCUT2D eigenvalue weighted by Crippen LogP contribution is -2.21. The number of aromatic nitrogens is 1. The highest BCUT2D eigenvalue weighted by atomic mass is 32.2. The Morgan fingerprint density at radius 3 is 2.59 bits per heavy atom. The SMILES string of the molecule is COC1C=CC=C(Nc2c(C(N)=O)cnc3c(C)cc(S(=O)(=O)c4cccc(C(=O)N(C)C)c4)cc23)C1. The van der Waals surface area contributed by atoms with Crippen molar-refractivity contribution in [3.63, 3.8) is 0 Å². The van der Waals surface area contributed by atoms with Gasteiger partial charge in [0.05, 0.1) is 32.7 Å². The number of carbonyl (C=O) groups is 2. The molecule has 2 amide bonds. The quantitative estimate of drug-likeness (QED) is 0.488. The van der Waals surface area contributed by atoms with Crippen LogP contribution in [0.4, 0.5) is 5.69 Å². The number of sulfone groups is 1. The zero-order valence-corrected chi connectivity index (χ0v) is 21.8. The van der Waals surface area contributed by atoms with Gasteiger partial charge < -0.3 is 20.7 Å². The van der Waals surface area contributed by atoms with Crippen molar-refractivity contribution < 1.29 is 22.7 Å². The van der Waals surface area contributed by atoms with Crippen molar-refractivity contribution in [1.82, 2.24) is 9.88 Å². The number of rotatable bonds is 7. The third-order valence-electron chi connectivity index (χ3n) is 6.14. The van der Waals surface area contributed by atoms with E-state index in [1.165, 1.54) is 41.4 Å². The number of benzene rings is 2. The molecule has 1 unspecified atom stereocenters. The van der Waals surface area contributed by atoms with Crippen LogP contribution in [0.3, 0.4) is 0 Å². The van der Waals surface area contributed by atoms with E-state index < -0.39 is 15.7 Å². The molecule has 4 rings (SSSR count). The number of anilines is 1. The number of ether oxygens (including phenoxy) is 1. The van der Waals surface area contributed by atoms with Crippen LogP contribution in [-0.2, 0) is 14.6 Å². The summed E-state index contributed by atoms with van der Waals surface area (Å²) in [5.74, 6) is -1.01. The number of nitrogens with one attached hydrogen (secondary N) is 1. The zero-order chi connectivity index (χ0) is 26.9. The summed E-state index contributed by atoms with van der Waals surface area (Å²) in [4.78, 5) is 30.5. The third-order valence-corrected chi connectivity index (χ3v) is 7.87. The van der Waals surface area contributed by atoms with Crippen molar-refractivity contribution >= 4 is 38.2 Å². The first-order valence-corrected chi connectivity index (χ1v) is 13.0. The number of pyridine rings is 1. The Hall–Kier alpha value is -4.02. The summed E-state index contributed by atoms with van der Waals surface area (Å²) < 4.78 is 32.8. The summed E-state index contributed by atoms with van der Waals surface area (Å²) in [5, 5.41) is 3.69. The van der Waals surface area contributed by atoms with Crippen LogP contribution < -0.4 is 11.1 Å². The number of fused-ring (bicyclic) bond motifs is 1. The normalized spacial score (nSPS) is 15.4. The van der Waals surface area contributed by atoms with Gasteiger partial charge in [-0.05, 0) is 48.9 Å². The van der Waals surface area contributed by atoms with Gasteiger partial charge in [0.15, 0.2) is 0 Å². The topological polar surface area (TPSA) is 132 Å². The number of hydrogen-bond donors (Lipinski definition) is 2. The second-order valence-corrected chi connectivity index (χ2v) is 10.9. The molecule has 2 aromatic carbocycles. The highest BCUT2D eigenvalue weighted by Gasteiger charge is 2.24. The summed E-state index contributed by atoms with van der Waals surface area (Å²) in [7, 11) is 0.784. The second-order valence-electron chi connectivity index (χ2n) is 8.96. The number of allylic oxidation sites excluding steroid dienone is 2. The predicted octanol–water partition coefficient (Wildman–Crippen LogP) is 3.45. The summed E-state index contributed by atoms with van der Waals surface area (Å²) in [6, 6.07) is 8.92. The molecule has 0 saturated carbocycles. The van der Waals surface area contributed by atoms with Crippen LogP contribution in [-0.4, -0.2) is 57.4 Å². The Morgan fingerprint density at radius 1 is 1.16 bits per heavy atom. The molecule has 1 aliphatic rings. The monoisotopic (exact) mass is 520 g/mol. The summed E-state index contributed by atoms with van der Waals surface area (Å²) in [6.07, 6.45) is 7.38. The average molecular weight is 521 g/mol. The van der Waals surface area contributed by atoms with Crippen LogP contribution in [0.5, 0.6) is 0 Å². The summed E-state index contributed by atoms with van der Waals surface area (Å²) in [5.41, 5.74) is 8.30. The molecule has 9 nitrogen and oxygen atoms in total. The lowest BCUT2D eigenvalue weighted by Gasteiger charge is -2.21. The highest BCUT2D eigenvalue weighted by molar-refractivity contribution is 7.91. The molecule has 0 radical (unpaired) electrons. The van der Waals surface area contributed by atoms with Crippen LogP contribution in [0.15, 0.2) is 76.3 Å². The first kappa shape index (κ1) is 26.1. The molecule has 1 heterocycles. The van der Waals surface area contributed by atoms with Gasteiger partial charge >= 0.3 is 0 Å². The van der Waals surface area contributed by atoms with Crippen LogP contribution in [0.25, 0.3) is 10.9 Å². The summed E-state index contributed by atoms with van der Waals surface area (Å²) >= 11 is 0. The van der Waals surface area contributed by atoms with Crippen molar-refractivity contribution in [2.75, 3.05) is 26.5 Å². The molecule has 10 heteroatoms. The fourth-order valence-corrected chi connectivity index (χ4v) is 5.59. The van der Waals surface area contributed by atoms with Crippen LogP contribution >= 0.6 is 0 Å². The summed E-state index contributed by atoms with van der Waals surface area (Å²) in [6.45, 7) is 1.75. The number of amides is 2. The number of primary amides is 1. The first-order valence-electron chi connectivity index (χ1n) is 11.5. The number of hydrogen-bond acceptors (Lipinski definition) is 7. The van der Waals surface area contributed by atoms with Crippen LogP contribution in [0.2, 0.25) is 0 Å². The van der Waals surface area contributed by atoms with Gasteiger partial charge in [-0.15, -0.1) is 0 Å². The molecule has 0 aliphatic heterocycles. The van der Waals surface area contributed by atoms with Gasteiger partial charge in [0, 0.05) is 50.5 Å². The maximum Gasteiger partial charge on any atom is 0.253 e. The maximum atomic E-state index is 13.7. The fourth-order valence-electron chi connectivity index (χ4n) is 4.18. The molecular formula is C27H28N4O5S. The molecule has 192 valence electrons. The molecular weight excluding hydrogens is 492 g/mol. The Labute approximate surface area is 215 Å². The van der Waals surface area contributed by atoms with Gasteiger partial charge in [-0.1, -0.05) is 18.2 Å². The van der Waals surface area contributed by atoms with E-state index in [2.05, 4.69) is 10.3 Å². The zero-order valence-electron chi connectivity index (χ0n) is 21.0. The minimum atomic E-state index is -4.02. The van der Waals surface area contributed by atoms with E-state index in [-0.39, 0.29) is 32.9 Å². The van der Waals surface area contributed by atoms with Crippen molar-refractivity contribution in [3.05, 3.63) is 83.2 Å². The van der Waals surface area contributed by atoms with Crippen LogP contribution in [0.1, 0.15) is 32.7 Å². The molecule has 3 N–H and O–H groups in total. The molecule has 3 aromatic rings. The number of aryl methyl sites for hydroxylation is 1. The third kappa shape index (κ3) is 5.11.